The van der Waals surface area contributed by atoms with Gasteiger partial charge >= 0.3 is 6.09 Å². The lowest BCUT2D eigenvalue weighted by molar-refractivity contribution is -0.120. The number of nitrogens with one attached hydrogen (secondary N) is 2. The first-order valence-electron chi connectivity index (χ1n) is 7.48. The zero-order valence-corrected chi connectivity index (χ0v) is 13.4. The van der Waals surface area contributed by atoms with Gasteiger partial charge < -0.3 is 20.6 Å². The summed E-state index contributed by atoms with van der Waals surface area (Å²) in [7, 11) is 0. The van der Waals surface area contributed by atoms with Crippen LogP contribution in [0.4, 0.5) is 10.5 Å². The Morgan fingerprint density at radius 3 is 2.52 bits per heavy atom. The van der Waals surface area contributed by atoms with E-state index in [1.54, 1.807) is 30.3 Å². The third-order valence-corrected chi connectivity index (χ3v) is 3.49. The summed E-state index contributed by atoms with van der Waals surface area (Å²) in [5.41, 5.74) is 0.567. The lowest BCUT2D eigenvalue weighted by Gasteiger charge is -2.32. The Balaban J connectivity index is 2.16. The van der Waals surface area contributed by atoms with Crippen molar-refractivity contribution in [1.82, 2.24) is 5.32 Å². The molecule has 9 heteroatoms. The summed E-state index contributed by atoms with van der Waals surface area (Å²) in [6.45, 7) is 0.700. The Hall–Kier alpha value is -2.75. The Labute approximate surface area is 143 Å². The highest BCUT2D eigenvalue weighted by Gasteiger charge is 2.37. The van der Waals surface area contributed by atoms with Crippen LogP contribution >= 0.6 is 0 Å². The van der Waals surface area contributed by atoms with Gasteiger partial charge in [-0.15, -0.1) is 0 Å². The molecular weight excluding hydrogens is 330 g/mol. The highest BCUT2D eigenvalue weighted by molar-refractivity contribution is 6.03. The van der Waals surface area contributed by atoms with Gasteiger partial charge in [-0.05, 0) is 23.8 Å². The fourth-order valence-electron chi connectivity index (χ4n) is 2.30. The second kappa shape index (κ2) is 8.38. The zero-order chi connectivity index (χ0) is 18.4. The maximum Gasteiger partial charge on any atom is 0.437 e. The molecule has 0 saturated carbocycles. The maximum atomic E-state index is 11.8. The Morgan fingerprint density at radius 2 is 1.92 bits per heavy atom. The van der Waals surface area contributed by atoms with Crippen molar-refractivity contribution >= 4 is 23.4 Å². The SMILES string of the molecule is CC(=O)N[C@H]1C(=NOC(=O)Nc2ccccc2)C=C(CO)[C@@H](O)[C@@H]1O. The predicted molar refractivity (Wildman–Crippen MR) is 88.8 cm³/mol. The van der Waals surface area contributed by atoms with Crippen molar-refractivity contribution in [3.63, 3.8) is 0 Å². The van der Waals surface area contributed by atoms with Crippen molar-refractivity contribution in [1.29, 1.82) is 0 Å². The highest BCUT2D eigenvalue weighted by Crippen LogP contribution is 2.19. The van der Waals surface area contributed by atoms with Crippen molar-refractivity contribution in [2.75, 3.05) is 11.9 Å². The van der Waals surface area contributed by atoms with Gasteiger partial charge in [-0.3, -0.25) is 14.9 Å². The van der Waals surface area contributed by atoms with E-state index >= 15 is 0 Å². The van der Waals surface area contributed by atoms with Crippen molar-refractivity contribution < 1.29 is 29.7 Å². The van der Waals surface area contributed by atoms with Gasteiger partial charge in [0.05, 0.1) is 6.61 Å². The number of anilines is 1. The minimum absolute atomic E-state index is 0.0136. The largest absolute Gasteiger partial charge is 0.437 e. The molecule has 0 saturated heterocycles. The first kappa shape index (κ1) is 18.6. The number of benzene rings is 1. The van der Waals surface area contributed by atoms with Gasteiger partial charge in [0.25, 0.3) is 0 Å². The van der Waals surface area contributed by atoms with Gasteiger partial charge in [-0.1, -0.05) is 23.4 Å². The van der Waals surface area contributed by atoms with Crippen molar-refractivity contribution in [2.24, 2.45) is 5.16 Å². The van der Waals surface area contributed by atoms with Gasteiger partial charge in [-0.25, -0.2) is 4.79 Å². The van der Waals surface area contributed by atoms with Crippen LogP contribution in [0.3, 0.4) is 0 Å². The third-order valence-electron chi connectivity index (χ3n) is 3.49. The van der Waals surface area contributed by atoms with E-state index in [4.69, 9.17) is 4.84 Å². The number of carbonyl (C=O) groups excluding carboxylic acids is 2. The second-order valence-electron chi connectivity index (χ2n) is 5.38. The van der Waals surface area contributed by atoms with E-state index in [2.05, 4.69) is 15.8 Å². The third kappa shape index (κ3) is 4.86. The van der Waals surface area contributed by atoms with Crippen LogP contribution in [0.5, 0.6) is 0 Å². The molecule has 134 valence electrons. The van der Waals surface area contributed by atoms with Gasteiger partial charge in [0.15, 0.2) is 0 Å². The molecule has 2 amide bonds. The molecule has 0 fully saturated rings. The number of aliphatic hydroxyl groups is 3. The van der Waals surface area contributed by atoms with Crippen LogP contribution in [-0.2, 0) is 9.63 Å². The standard InChI is InChI=1S/C16H19N3O6/c1-9(21)17-13-12(7-10(8-20)14(22)15(13)23)19-25-16(24)18-11-5-3-2-4-6-11/h2-7,13-15,20,22-23H,8H2,1H3,(H,17,21)(H,18,24)/t13-,14+,15+/m0/s1. The number of rotatable bonds is 4. The highest BCUT2D eigenvalue weighted by atomic mass is 16.7. The van der Waals surface area contributed by atoms with Crippen LogP contribution in [0.25, 0.3) is 0 Å². The summed E-state index contributed by atoms with van der Waals surface area (Å²) in [6.07, 6.45) is -2.44. The fourth-order valence-corrected chi connectivity index (χ4v) is 2.30. The quantitative estimate of drug-likeness (QED) is 0.375. The number of hydrogen-bond donors (Lipinski definition) is 5. The smallest absolute Gasteiger partial charge is 0.392 e. The summed E-state index contributed by atoms with van der Waals surface area (Å²) in [5, 5.41) is 37.7. The van der Waals surface area contributed by atoms with E-state index in [-0.39, 0.29) is 11.3 Å². The predicted octanol–water partition coefficient (Wildman–Crippen LogP) is -0.250. The number of aliphatic hydroxyl groups excluding tert-OH is 3. The van der Waals surface area contributed by atoms with E-state index in [0.717, 1.165) is 0 Å². The summed E-state index contributed by atoms with van der Waals surface area (Å²) in [6, 6.07) is 7.45. The van der Waals surface area contributed by atoms with Crippen LogP contribution in [0, 0.1) is 0 Å². The first-order valence-corrected chi connectivity index (χ1v) is 7.48. The maximum absolute atomic E-state index is 11.8. The molecule has 0 radical (unpaired) electrons. The monoisotopic (exact) mass is 349 g/mol. The molecular formula is C16H19N3O6. The van der Waals surface area contributed by atoms with Crippen LogP contribution in [0.15, 0.2) is 47.1 Å². The number of hydrogen-bond acceptors (Lipinski definition) is 7. The van der Waals surface area contributed by atoms with E-state index < -0.39 is 36.9 Å². The number of carbonyl (C=O) groups is 2. The summed E-state index contributed by atoms with van der Waals surface area (Å²) >= 11 is 0. The summed E-state index contributed by atoms with van der Waals surface area (Å²) < 4.78 is 0. The molecule has 1 aliphatic carbocycles. The molecule has 0 aliphatic heterocycles. The molecule has 0 bridgehead atoms. The van der Waals surface area contributed by atoms with Crippen LogP contribution in [-0.4, -0.2) is 57.9 Å². The molecule has 25 heavy (non-hydrogen) atoms. The molecule has 5 N–H and O–H groups in total. The first-order chi connectivity index (χ1) is 11.9. The molecule has 0 spiro atoms. The lowest BCUT2D eigenvalue weighted by Crippen LogP contribution is -2.55. The fraction of sp³-hybridized carbons (Fsp3) is 0.312. The molecule has 0 heterocycles. The van der Waals surface area contributed by atoms with Gasteiger partial charge in [-0.2, -0.15) is 0 Å². The topological polar surface area (TPSA) is 140 Å². The molecule has 0 aromatic heterocycles. The van der Waals surface area contributed by atoms with Crippen LogP contribution in [0.1, 0.15) is 6.92 Å². The molecule has 2 rings (SSSR count). The van der Waals surface area contributed by atoms with Crippen molar-refractivity contribution in [3.8, 4) is 0 Å². The second-order valence-corrected chi connectivity index (χ2v) is 5.38. The average molecular weight is 349 g/mol. The van der Waals surface area contributed by atoms with Crippen LogP contribution in [0.2, 0.25) is 0 Å². The van der Waals surface area contributed by atoms with E-state index in [1.165, 1.54) is 13.0 Å². The lowest BCUT2D eigenvalue weighted by atomic mass is 9.88. The Morgan fingerprint density at radius 1 is 1.24 bits per heavy atom. The Kier molecular flexibility index (Phi) is 6.23. The van der Waals surface area contributed by atoms with Gasteiger partial charge in [0.2, 0.25) is 5.91 Å². The van der Waals surface area contributed by atoms with Gasteiger partial charge in [0.1, 0.15) is 24.0 Å². The minimum Gasteiger partial charge on any atom is -0.392 e. The number of oxime groups is 1. The van der Waals surface area contributed by atoms with E-state index in [1.807, 2.05) is 0 Å². The molecule has 1 aliphatic rings. The van der Waals surface area contributed by atoms with E-state index in [9.17, 15) is 24.9 Å². The molecule has 1 aromatic rings. The summed E-state index contributed by atoms with van der Waals surface area (Å²) in [4.78, 5) is 27.8. The summed E-state index contributed by atoms with van der Waals surface area (Å²) in [5.74, 6) is -0.474. The van der Waals surface area contributed by atoms with Crippen LogP contribution < -0.4 is 10.6 Å². The molecule has 3 atom stereocenters. The molecule has 9 nitrogen and oxygen atoms in total. The van der Waals surface area contributed by atoms with E-state index in [0.29, 0.717) is 5.69 Å². The molecule has 0 unspecified atom stereocenters. The average Bonchev–Trinajstić information content (AvgIpc) is 2.59. The van der Waals surface area contributed by atoms with Gasteiger partial charge in [0, 0.05) is 12.6 Å². The zero-order valence-electron chi connectivity index (χ0n) is 13.4. The number of nitrogens with zero attached hydrogens (tertiary/aromatic N) is 1. The normalized spacial score (nSPS) is 24.4. The minimum atomic E-state index is -1.45. The Bertz CT molecular complexity index is 688. The molecule has 1 aromatic carbocycles. The van der Waals surface area contributed by atoms with Crippen molar-refractivity contribution in [3.05, 3.63) is 42.0 Å². The van der Waals surface area contributed by atoms with Crippen molar-refractivity contribution in [2.45, 2.75) is 25.2 Å². The number of amides is 2. The number of para-hydroxylation sites is 1.